The number of carbonyl (C=O) groups is 1. The Kier molecular flexibility index (Phi) is 4.47. The summed E-state index contributed by atoms with van der Waals surface area (Å²) in [6.45, 7) is 7.12. The summed E-state index contributed by atoms with van der Waals surface area (Å²) in [6, 6.07) is 0. The van der Waals surface area contributed by atoms with E-state index >= 15 is 0 Å². The maximum absolute atomic E-state index is 10.9. The summed E-state index contributed by atoms with van der Waals surface area (Å²) in [5.41, 5.74) is 1.90. The van der Waals surface area contributed by atoms with Gasteiger partial charge < -0.3 is 5.11 Å². The maximum Gasteiger partial charge on any atom is 0.306 e. The molecular formula is C13H20ClN3O2. The van der Waals surface area contributed by atoms with Crippen molar-refractivity contribution in [2.45, 2.75) is 39.8 Å². The number of aliphatic carboxylic acids is 1. The number of likely N-dealkylation sites (tertiary alicyclic amines) is 1. The van der Waals surface area contributed by atoms with Crippen molar-refractivity contribution in [2.75, 3.05) is 13.1 Å². The van der Waals surface area contributed by atoms with Crippen molar-refractivity contribution >= 4 is 17.6 Å². The first kappa shape index (κ1) is 14.3. The van der Waals surface area contributed by atoms with Gasteiger partial charge in [-0.25, -0.2) is 0 Å². The molecule has 6 heteroatoms. The van der Waals surface area contributed by atoms with Crippen LogP contribution >= 0.6 is 11.6 Å². The Labute approximate surface area is 118 Å². The van der Waals surface area contributed by atoms with Crippen molar-refractivity contribution in [3.8, 4) is 0 Å². The second kappa shape index (κ2) is 5.92. The normalized spacial score (nSPS) is 17.8. The van der Waals surface area contributed by atoms with Gasteiger partial charge >= 0.3 is 5.97 Å². The highest BCUT2D eigenvalue weighted by atomic mass is 35.5. The molecule has 1 saturated heterocycles. The lowest BCUT2D eigenvalue weighted by molar-refractivity contribution is -0.143. The van der Waals surface area contributed by atoms with Crippen LogP contribution in [0.3, 0.4) is 0 Å². The molecule has 0 aromatic carbocycles. The van der Waals surface area contributed by atoms with Crippen molar-refractivity contribution < 1.29 is 9.90 Å². The van der Waals surface area contributed by atoms with E-state index in [1.165, 1.54) is 0 Å². The van der Waals surface area contributed by atoms with E-state index in [9.17, 15) is 4.79 Å². The van der Waals surface area contributed by atoms with Crippen LogP contribution in [0.2, 0.25) is 5.02 Å². The van der Waals surface area contributed by atoms with E-state index in [-0.39, 0.29) is 5.92 Å². The number of aryl methyl sites for hydroxylation is 2. The average molecular weight is 286 g/mol. The molecule has 0 unspecified atom stereocenters. The molecule has 2 heterocycles. The number of carboxylic acid groups (broad SMARTS) is 1. The molecule has 19 heavy (non-hydrogen) atoms. The second-order valence-electron chi connectivity index (χ2n) is 5.05. The van der Waals surface area contributed by atoms with Gasteiger partial charge in [0.1, 0.15) is 0 Å². The van der Waals surface area contributed by atoms with E-state index in [1.54, 1.807) is 0 Å². The lowest BCUT2D eigenvalue weighted by Crippen LogP contribution is -2.36. The van der Waals surface area contributed by atoms with Crippen molar-refractivity contribution in [1.82, 2.24) is 14.7 Å². The highest BCUT2D eigenvalue weighted by molar-refractivity contribution is 6.31. The van der Waals surface area contributed by atoms with Gasteiger partial charge in [0.25, 0.3) is 0 Å². The fraction of sp³-hybridized carbons (Fsp3) is 0.692. The standard InChI is InChI=1S/C13H20ClN3O2/c1-3-17-11(12(14)9(2)15-17)8-16-6-4-10(5-7-16)13(18)19/h10H,3-8H2,1-2H3,(H,18,19). The maximum atomic E-state index is 10.9. The molecule has 1 aliphatic rings. The van der Waals surface area contributed by atoms with E-state index in [1.807, 2.05) is 18.5 Å². The van der Waals surface area contributed by atoms with Gasteiger partial charge in [0, 0.05) is 13.1 Å². The van der Waals surface area contributed by atoms with Crippen LogP contribution < -0.4 is 0 Å². The Bertz CT molecular complexity index is 465. The fourth-order valence-electron chi connectivity index (χ4n) is 2.57. The molecule has 0 radical (unpaired) electrons. The molecule has 0 saturated carbocycles. The summed E-state index contributed by atoms with van der Waals surface area (Å²) in [5.74, 6) is -0.864. The van der Waals surface area contributed by atoms with Crippen molar-refractivity contribution in [2.24, 2.45) is 5.92 Å². The topological polar surface area (TPSA) is 58.4 Å². The van der Waals surface area contributed by atoms with E-state index in [2.05, 4.69) is 10.00 Å². The molecule has 2 rings (SSSR count). The van der Waals surface area contributed by atoms with E-state index in [0.717, 1.165) is 42.6 Å². The molecule has 5 nitrogen and oxygen atoms in total. The van der Waals surface area contributed by atoms with Gasteiger partial charge in [-0.15, -0.1) is 0 Å². The largest absolute Gasteiger partial charge is 0.481 e. The minimum atomic E-state index is -0.674. The highest BCUT2D eigenvalue weighted by Crippen LogP contribution is 2.24. The molecule has 1 aliphatic heterocycles. The summed E-state index contributed by atoms with van der Waals surface area (Å²) in [7, 11) is 0. The summed E-state index contributed by atoms with van der Waals surface area (Å²) in [6.07, 6.45) is 1.43. The Hall–Kier alpha value is -1.07. The number of carboxylic acids is 1. The highest BCUT2D eigenvalue weighted by Gasteiger charge is 2.25. The summed E-state index contributed by atoms with van der Waals surface area (Å²) in [4.78, 5) is 13.2. The van der Waals surface area contributed by atoms with Gasteiger partial charge in [-0.1, -0.05) is 11.6 Å². The number of rotatable bonds is 4. The zero-order valence-corrected chi connectivity index (χ0v) is 12.2. The molecule has 1 N–H and O–H groups in total. The Morgan fingerprint density at radius 3 is 2.63 bits per heavy atom. The Morgan fingerprint density at radius 1 is 1.47 bits per heavy atom. The van der Waals surface area contributed by atoms with Gasteiger partial charge in [-0.05, 0) is 39.8 Å². The number of halogens is 1. The summed E-state index contributed by atoms with van der Waals surface area (Å²) >= 11 is 6.29. The second-order valence-corrected chi connectivity index (χ2v) is 5.43. The third-order valence-electron chi connectivity index (χ3n) is 3.76. The number of aromatic nitrogens is 2. The number of piperidine rings is 1. The molecule has 1 aromatic heterocycles. The molecular weight excluding hydrogens is 266 g/mol. The first-order valence-electron chi connectivity index (χ1n) is 6.69. The molecule has 0 aliphatic carbocycles. The monoisotopic (exact) mass is 285 g/mol. The van der Waals surface area contributed by atoms with Crippen LogP contribution in [0.4, 0.5) is 0 Å². The van der Waals surface area contributed by atoms with Gasteiger partial charge in [0.15, 0.2) is 0 Å². The fourth-order valence-corrected chi connectivity index (χ4v) is 2.76. The average Bonchev–Trinajstić information content (AvgIpc) is 2.67. The number of nitrogens with zero attached hydrogens (tertiary/aromatic N) is 3. The van der Waals surface area contributed by atoms with Crippen LogP contribution in [0.5, 0.6) is 0 Å². The molecule has 0 atom stereocenters. The van der Waals surface area contributed by atoms with Crippen LogP contribution in [-0.4, -0.2) is 38.8 Å². The third-order valence-corrected chi connectivity index (χ3v) is 4.25. The van der Waals surface area contributed by atoms with Gasteiger partial charge in [-0.3, -0.25) is 14.4 Å². The van der Waals surface area contributed by atoms with E-state index in [4.69, 9.17) is 16.7 Å². The first-order chi connectivity index (χ1) is 9.02. The zero-order valence-electron chi connectivity index (χ0n) is 11.4. The van der Waals surface area contributed by atoms with E-state index < -0.39 is 5.97 Å². The van der Waals surface area contributed by atoms with Gasteiger partial charge in [-0.2, -0.15) is 5.10 Å². The minimum absolute atomic E-state index is 0.190. The lowest BCUT2D eigenvalue weighted by atomic mass is 9.97. The molecule has 106 valence electrons. The molecule has 0 spiro atoms. The van der Waals surface area contributed by atoms with Crippen molar-refractivity contribution in [1.29, 1.82) is 0 Å². The van der Waals surface area contributed by atoms with Crippen molar-refractivity contribution in [3.05, 3.63) is 16.4 Å². The van der Waals surface area contributed by atoms with Crippen LogP contribution in [0.25, 0.3) is 0 Å². The molecule has 0 amide bonds. The quantitative estimate of drug-likeness (QED) is 0.921. The predicted octanol–water partition coefficient (Wildman–Crippen LogP) is 2.16. The summed E-state index contributed by atoms with van der Waals surface area (Å²) < 4.78 is 1.93. The van der Waals surface area contributed by atoms with Gasteiger partial charge in [0.05, 0.1) is 22.3 Å². The van der Waals surface area contributed by atoms with Crippen LogP contribution in [-0.2, 0) is 17.9 Å². The molecule has 1 fully saturated rings. The third kappa shape index (κ3) is 3.09. The number of hydrogen-bond donors (Lipinski definition) is 1. The lowest BCUT2D eigenvalue weighted by Gasteiger charge is -2.30. The SMILES string of the molecule is CCn1nc(C)c(Cl)c1CN1CCC(C(=O)O)CC1. The van der Waals surface area contributed by atoms with Crippen molar-refractivity contribution in [3.63, 3.8) is 0 Å². The smallest absolute Gasteiger partial charge is 0.306 e. The predicted molar refractivity (Wildman–Crippen MR) is 73.3 cm³/mol. The molecule has 0 bridgehead atoms. The van der Waals surface area contributed by atoms with Crippen LogP contribution in [0.15, 0.2) is 0 Å². The van der Waals surface area contributed by atoms with Gasteiger partial charge in [0.2, 0.25) is 0 Å². The van der Waals surface area contributed by atoms with E-state index in [0.29, 0.717) is 12.8 Å². The Balaban J connectivity index is 2.01. The number of hydrogen-bond acceptors (Lipinski definition) is 3. The minimum Gasteiger partial charge on any atom is -0.481 e. The van der Waals surface area contributed by atoms with Crippen LogP contribution in [0.1, 0.15) is 31.2 Å². The Morgan fingerprint density at radius 2 is 2.11 bits per heavy atom. The first-order valence-corrected chi connectivity index (χ1v) is 7.07. The molecule has 1 aromatic rings. The van der Waals surface area contributed by atoms with Crippen LogP contribution in [0, 0.1) is 12.8 Å². The summed E-state index contributed by atoms with van der Waals surface area (Å²) in [5, 5.41) is 14.1. The zero-order chi connectivity index (χ0) is 14.0.